The van der Waals surface area contributed by atoms with Crippen molar-refractivity contribution >= 4 is 5.82 Å². The molecule has 0 saturated carbocycles. The molecule has 1 aromatic carbocycles. The van der Waals surface area contributed by atoms with Crippen LogP contribution in [0.25, 0.3) is 11.1 Å². The standard InChI is InChI=1S/C17H25N3/c1-10(2)13(5)16-15(17(18)20(6)19-16)14-8-7-11(3)12(4)9-14/h7-10,13H,18H2,1-6H3. The van der Waals surface area contributed by atoms with Crippen molar-refractivity contribution in [1.82, 2.24) is 9.78 Å². The molecule has 0 saturated heterocycles. The highest BCUT2D eigenvalue weighted by atomic mass is 15.3. The third-order valence-corrected chi connectivity index (χ3v) is 4.35. The highest BCUT2D eigenvalue weighted by Gasteiger charge is 2.22. The van der Waals surface area contributed by atoms with E-state index < -0.39 is 0 Å². The van der Waals surface area contributed by atoms with Crippen molar-refractivity contribution in [3.63, 3.8) is 0 Å². The number of aryl methyl sites for hydroxylation is 3. The number of nitrogens with zero attached hydrogens (tertiary/aromatic N) is 2. The summed E-state index contributed by atoms with van der Waals surface area (Å²) in [6.07, 6.45) is 0. The molecule has 108 valence electrons. The van der Waals surface area contributed by atoms with Crippen LogP contribution in [0.2, 0.25) is 0 Å². The zero-order valence-electron chi connectivity index (χ0n) is 13.4. The Hall–Kier alpha value is -1.77. The highest BCUT2D eigenvalue weighted by Crippen LogP contribution is 2.36. The molecule has 0 spiro atoms. The second-order valence-electron chi connectivity index (χ2n) is 6.10. The summed E-state index contributed by atoms with van der Waals surface area (Å²) in [4.78, 5) is 0. The van der Waals surface area contributed by atoms with Crippen LogP contribution in [-0.2, 0) is 7.05 Å². The largest absolute Gasteiger partial charge is 0.383 e. The zero-order valence-corrected chi connectivity index (χ0v) is 13.4. The van der Waals surface area contributed by atoms with Crippen LogP contribution in [0.4, 0.5) is 5.82 Å². The van der Waals surface area contributed by atoms with Gasteiger partial charge in [0.1, 0.15) is 5.82 Å². The number of anilines is 1. The number of aromatic nitrogens is 2. The first kappa shape index (κ1) is 14.6. The number of hydrogen-bond donors (Lipinski definition) is 1. The SMILES string of the molecule is Cc1ccc(-c2c(C(C)C(C)C)nn(C)c2N)cc1C. The number of rotatable bonds is 3. The van der Waals surface area contributed by atoms with Gasteiger partial charge in [-0.3, -0.25) is 4.68 Å². The summed E-state index contributed by atoms with van der Waals surface area (Å²) in [5, 5.41) is 4.65. The van der Waals surface area contributed by atoms with Crippen molar-refractivity contribution in [2.75, 3.05) is 5.73 Å². The smallest absolute Gasteiger partial charge is 0.129 e. The molecule has 20 heavy (non-hydrogen) atoms. The van der Waals surface area contributed by atoms with Gasteiger partial charge in [0.2, 0.25) is 0 Å². The minimum absolute atomic E-state index is 0.384. The Bertz CT molecular complexity index is 623. The lowest BCUT2D eigenvalue weighted by atomic mass is 9.89. The molecule has 1 unspecified atom stereocenters. The van der Waals surface area contributed by atoms with Crippen LogP contribution in [0.5, 0.6) is 0 Å². The maximum absolute atomic E-state index is 6.26. The Morgan fingerprint density at radius 3 is 2.30 bits per heavy atom. The van der Waals surface area contributed by atoms with Gasteiger partial charge in [0.15, 0.2) is 0 Å². The van der Waals surface area contributed by atoms with Crippen LogP contribution >= 0.6 is 0 Å². The molecule has 3 nitrogen and oxygen atoms in total. The van der Waals surface area contributed by atoms with E-state index in [9.17, 15) is 0 Å². The second kappa shape index (κ2) is 5.31. The fourth-order valence-electron chi connectivity index (χ4n) is 2.39. The maximum atomic E-state index is 6.26. The van der Waals surface area contributed by atoms with Crippen molar-refractivity contribution < 1.29 is 0 Å². The molecule has 0 aliphatic heterocycles. The van der Waals surface area contributed by atoms with E-state index >= 15 is 0 Å². The van der Waals surface area contributed by atoms with E-state index in [1.165, 1.54) is 16.7 Å². The number of nitrogens with two attached hydrogens (primary N) is 1. The third-order valence-electron chi connectivity index (χ3n) is 4.35. The molecule has 0 radical (unpaired) electrons. The topological polar surface area (TPSA) is 43.8 Å². The number of benzene rings is 1. The molecule has 1 heterocycles. The summed E-state index contributed by atoms with van der Waals surface area (Å²) < 4.78 is 1.79. The van der Waals surface area contributed by atoms with Crippen molar-refractivity contribution in [3.8, 4) is 11.1 Å². The van der Waals surface area contributed by atoms with Gasteiger partial charge in [0, 0.05) is 18.5 Å². The van der Waals surface area contributed by atoms with Gasteiger partial charge in [-0.25, -0.2) is 0 Å². The fraction of sp³-hybridized carbons (Fsp3) is 0.471. The molecule has 0 fully saturated rings. The monoisotopic (exact) mass is 271 g/mol. The lowest BCUT2D eigenvalue weighted by Gasteiger charge is -2.15. The van der Waals surface area contributed by atoms with Gasteiger partial charge in [-0.1, -0.05) is 39.0 Å². The van der Waals surface area contributed by atoms with Crippen LogP contribution in [0.15, 0.2) is 18.2 Å². The van der Waals surface area contributed by atoms with Crippen LogP contribution < -0.4 is 5.73 Å². The number of nitrogen functional groups attached to an aromatic ring is 1. The van der Waals surface area contributed by atoms with Crippen molar-refractivity contribution in [1.29, 1.82) is 0 Å². The van der Waals surface area contributed by atoms with Gasteiger partial charge in [-0.15, -0.1) is 0 Å². The quantitative estimate of drug-likeness (QED) is 0.915. The van der Waals surface area contributed by atoms with Crippen LogP contribution in [0, 0.1) is 19.8 Å². The number of hydrogen-bond acceptors (Lipinski definition) is 2. The molecule has 3 heteroatoms. The Morgan fingerprint density at radius 2 is 1.75 bits per heavy atom. The van der Waals surface area contributed by atoms with Gasteiger partial charge < -0.3 is 5.73 Å². The summed E-state index contributed by atoms with van der Waals surface area (Å²) >= 11 is 0. The molecule has 2 rings (SSSR count). The Kier molecular flexibility index (Phi) is 3.89. The summed E-state index contributed by atoms with van der Waals surface area (Å²) in [5.74, 6) is 1.67. The summed E-state index contributed by atoms with van der Waals surface area (Å²) in [5.41, 5.74) is 12.2. The predicted octanol–water partition coefficient (Wildman–Crippen LogP) is 4.05. The average Bonchev–Trinajstić information content (AvgIpc) is 2.68. The van der Waals surface area contributed by atoms with Gasteiger partial charge in [-0.2, -0.15) is 5.10 Å². The normalized spacial score (nSPS) is 12.9. The minimum atomic E-state index is 0.384. The minimum Gasteiger partial charge on any atom is -0.383 e. The predicted molar refractivity (Wildman–Crippen MR) is 85.8 cm³/mol. The summed E-state index contributed by atoms with van der Waals surface area (Å²) in [7, 11) is 1.91. The lowest BCUT2D eigenvalue weighted by Crippen LogP contribution is -2.05. The first-order chi connectivity index (χ1) is 9.32. The summed E-state index contributed by atoms with van der Waals surface area (Å²) in [6.45, 7) is 10.9. The third kappa shape index (κ3) is 2.45. The van der Waals surface area contributed by atoms with Gasteiger partial charge in [0.25, 0.3) is 0 Å². The van der Waals surface area contributed by atoms with E-state index in [-0.39, 0.29) is 0 Å². The highest BCUT2D eigenvalue weighted by molar-refractivity contribution is 5.77. The Labute approximate surface area is 121 Å². The first-order valence-electron chi connectivity index (χ1n) is 7.23. The summed E-state index contributed by atoms with van der Waals surface area (Å²) in [6, 6.07) is 6.51. The van der Waals surface area contributed by atoms with Crippen molar-refractivity contribution in [2.24, 2.45) is 13.0 Å². The van der Waals surface area contributed by atoms with Gasteiger partial charge in [0.05, 0.1) is 5.69 Å². The molecule has 0 amide bonds. The molecule has 2 aromatic rings. The van der Waals surface area contributed by atoms with Gasteiger partial charge >= 0.3 is 0 Å². The second-order valence-corrected chi connectivity index (χ2v) is 6.10. The molecule has 0 aliphatic rings. The van der Waals surface area contributed by atoms with E-state index in [0.717, 1.165) is 17.1 Å². The average molecular weight is 271 g/mol. The fourth-order valence-corrected chi connectivity index (χ4v) is 2.39. The van der Waals surface area contributed by atoms with E-state index in [4.69, 9.17) is 5.73 Å². The molecule has 0 aliphatic carbocycles. The van der Waals surface area contributed by atoms with E-state index in [0.29, 0.717) is 11.8 Å². The van der Waals surface area contributed by atoms with Gasteiger partial charge in [-0.05, 0) is 36.5 Å². The van der Waals surface area contributed by atoms with Crippen molar-refractivity contribution in [3.05, 3.63) is 35.0 Å². The molecular weight excluding hydrogens is 246 g/mol. The molecule has 0 bridgehead atoms. The molecular formula is C17H25N3. The molecule has 1 aromatic heterocycles. The van der Waals surface area contributed by atoms with E-state index in [1.54, 1.807) is 4.68 Å². The Balaban J connectivity index is 2.63. The van der Waals surface area contributed by atoms with E-state index in [2.05, 4.69) is 57.9 Å². The van der Waals surface area contributed by atoms with Crippen LogP contribution in [0.3, 0.4) is 0 Å². The maximum Gasteiger partial charge on any atom is 0.129 e. The zero-order chi connectivity index (χ0) is 15.0. The van der Waals surface area contributed by atoms with E-state index in [1.807, 2.05) is 7.05 Å². The lowest BCUT2D eigenvalue weighted by molar-refractivity contribution is 0.517. The Morgan fingerprint density at radius 1 is 1.10 bits per heavy atom. The molecule has 2 N–H and O–H groups in total. The van der Waals surface area contributed by atoms with Crippen LogP contribution in [-0.4, -0.2) is 9.78 Å². The van der Waals surface area contributed by atoms with Crippen molar-refractivity contribution in [2.45, 2.75) is 40.5 Å². The van der Waals surface area contributed by atoms with Crippen LogP contribution in [0.1, 0.15) is 43.5 Å². The molecule has 1 atom stereocenters. The first-order valence-corrected chi connectivity index (χ1v) is 7.23.